The second kappa shape index (κ2) is 12.6. The Morgan fingerprint density at radius 3 is 2.41 bits per heavy atom. The number of carbonyl (C=O) groups is 1. The molecule has 2 aliphatic rings. The monoisotopic (exact) mass is 589 g/mol. The van der Waals surface area contributed by atoms with Crippen molar-refractivity contribution in [3.05, 3.63) is 109 Å². The molecule has 0 unspecified atom stereocenters. The van der Waals surface area contributed by atoms with Gasteiger partial charge < -0.3 is 5.11 Å². The van der Waals surface area contributed by atoms with Crippen molar-refractivity contribution in [1.29, 1.82) is 0 Å². The van der Waals surface area contributed by atoms with Gasteiger partial charge in [-0.15, -0.1) is 12.4 Å². The summed E-state index contributed by atoms with van der Waals surface area (Å²) in [5.41, 5.74) is 6.69. The summed E-state index contributed by atoms with van der Waals surface area (Å²) in [6, 6.07) is 15.6. The lowest BCUT2D eigenvalue weighted by atomic mass is 9.86. The van der Waals surface area contributed by atoms with Crippen LogP contribution in [-0.4, -0.2) is 42.3 Å². The lowest BCUT2D eigenvalue weighted by Crippen LogP contribution is -2.40. The van der Waals surface area contributed by atoms with Crippen LogP contribution in [0.2, 0.25) is 10.0 Å². The molecule has 8 heteroatoms. The maximum atomic E-state index is 15.9. The van der Waals surface area contributed by atoms with E-state index in [0.29, 0.717) is 34.9 Å². The van der Waals surface area contributed by atoms with E-state index in [1.807, 2.05) is 18.2 Å². The van der Waals surface area contributed by atoms with Gasteiger partial charge in [0.25, 0.3) is 0 Å². The van der Waals surface area contributed by atoms with Crippen LogP contribution in [-0.2, 0) is 6.42 Å². The van der Waals surface area contributed by atoms with Crippen LogP contribution in [0, 0.1) is 5.82 Å². The van der Waals surface area contributed by atoms with Gasteiger partial charge in [0.1, 0.15) is 5.82 Å². The Morgan fingerprint density at radius 1 is 0.974 bits per heavy atom. The largest absolute Gasteiger partial charge is 0.478 e. The van der Waals surface area contributed by atoms with E-state index in [9.17, 15) is 14.3 Å². The van der Waals surface area contributed by atoms with Gasteiger partial charge in [0.15, 0.2) is 0 Å². The number of carboxylic acid groups (broad SMARTS) is 1. The van der Waals surface area contributed by atoms with Crippen molar-refractivity contribution < 1.29 is 18.7 Å². The van der Waals surface area contributed by atoms with Crippen molar-refractivity contribution in [2.24, 2.45) is 0 Å². The van der Waals surface area contributed by atoms with E-state index in [2.05, 4.69) is 4.90 Å². The fraction of sp³-hybridized carbons (Fsp3) is 0.258. The number of rotatable bonds is 7. The molecule has 0 spiro atoms. The number of benzene rings is 3. The van der Waals surface area contributed by atoms with Crippen molar-refractivity contribution in [1.82, 2.24) is 4.90 Å². The fourth-order valence-corrected chi connectivity index (χ4v) is 5.87. The fourth-order valence-electron chi connectivity index (χ4n) is 5.35. The zero-order valence-corrected chi connectivity index (χ0v) is 23.5. The first-order valence-corrected chi connectivity index (χ1v) is 13.4. The molecule has 1 fully saturated rings. The first-order valence-electron chi connectivity index (χ1n) is 12.7. The number of alkyl halides is 1. The van der Waals surface area contributed by atoms with E-state index in [-0.39, 0.29) is 30.5 Å². The molecule has 1 aliphatic carbocycles. The van der Waals surface area contributed by atoms with Gasteiger partial charge in [-0.1, -0.05) is 53.5 Å². The molecular formula is C31H28Cl3F2NO2. The standard InChI is InChI=1S/C31H27Cl2F2NO2.ClH/c32-23-7-10-25(28(33)16-23)26-4-1-3-21-15-22(31(37)38)6-9-24(21)30(26)27-8-5-19(14-29(27)35)13-20-17-36(18-20)12-2-11-34;/h5-10,13-16H,1-4,11-12,17-18H2,(H,37,38);1H. The number of fused-ring (bicyclic) bond motifs is 1. The van der Waals surface area contributed by atoms with Gasteiger partial charge in [-0.05, 0) is 95.0 Å². The number of hydrogen-bond acceptors (Lipinski definition) is 2. The number of aryl methyl sites for hydroxylation is 1. The normalized spacial score (nSPS) is 15.2. The molecule has 0 radical (unpaired) electrons. The topological polar surface area (TPSA) is 40.5 Å². The van der Waals surface area contributed by atoms with Crippen LogP contribution in [0.5, 0.6) is 0 Å². The van der Waals surface area contributed by atoms with E-state index in [0.717, 1.165) is 59.5 Å². The number of nitrogens with zero attached hydrogens (tertiary/aromatic N) is 1. The summed E-state index contributed by atoms with van der Waals surface area (Å²) < 4.78 is 28.3. The van der Waals surface area contributed by atoms with Crippen molar-refractivity contribution >= 4 is 58.8 Å². The minimum absolute atomic E-state index is 0. The molecule has 1 heterocycles. The first-order chi connectivity index (χ1) is 18.3. The molecule has 3 nitrogen and oxygen atoms in total. The second-order valence-electron chi connectivity index (χ2n) is 9.80. The molecule has 3 aromatic rings. The lowest BCUT2D eigenvalue weighted by Gasteiger charge is -2.33. The third kappa shape index (κ3) is 6.38. The lowest BCUT2D eigenvalue weighted by molar-refractivity contribution is 0.0696. The molecule has 5 rings (SSSR count). The van der Waals surface area contributed by atoms with Crippen molar-refractivity contribution in [2.45, 2.75) is 25.7 Å². The number of carboxylic acids is 1. The van der Waals surface area contributed by atoms with Crippen LogP contribution >= 0.6 is 35.6 Å². The van der Waals surface area contributed by atoms with Crippen LogP contribution < -0.4 is 0 Å². The van der Waals surface area contributed by atoms with Gasteiger partial charge in [0, 0.05) is 35.2 Å². The molecule has 1 saturated heterocycles. The van der Waals surface area contributed by atoms with Gasteiger partial charge in [-0.2, -0.15) is 0 Å². The highest BCUT2D eigenvalue weighted by Gasteiger charge is 2.25. The Kier molecular flexibility index (Phi) is 9.50. The summed E-state index contributed by atoms with van der Waals surface area (Å²) in [4.78, 5) is 13.8. The summed E-state index contributed by atoms with van der Waals surface area (Å²) >= 11 is 12.8. The molecule has 3 aromatic carbocycles. The molecule has 39 heavy (non-hydrogen) atoms. The summed E-state index contributed by atoms with van der Waals surface area (Å²) in [7, 11) is 0. The minimum Gasteiger partial charge on any atom is -0.478 e. The number of allylic oxidation sites excluding steroid dienone is 1. The Labute approximate surface area is 243 Å². The highest BCUT2D eigenvalue weighted by atomic mass is 35.5. The van der Waals surface area contributed by atoms with Crippen LogP contribution in [0.25, 0.3) is 17.2 Å². The second-order valence-corrected chi connectivity index (χ2v) is 10.6. The van der Waals surface area contributed by atoms with E-state index >= 15 is 4.39 Å². The molecule has 0 atom stereocenters. The van der Waals surface area contributed by atoms with Gasteiger partial charge in [0.2, 0.25) is 0 Å². The summed E-state index contributed by atoms with van der Waals surface area (Å²) in [5.74, 6) is -1.35. The van der Waals surface area contributed by atoms with Gasteiger partial charge in [-0.3, -0.25) is 9.29 Å². The number of aromatic carboxylic acids is 1. The average molecular weight is 591 g/mol. The Balaban J connectivity index is 0.00000353. The van der Waals surface area contributed by atoms with E-state index in [1.54, 1.807) is 36.4 Å². The summed E-state index contributed by atoms with van der Waals surface area (Å²) in [6.07, 6.45) is 4.59. The zero-order valence-electron chi connectivity index (χ0n) is 21.2. The van der Waals surface area contributed by atoms with Crippen LogP contribution in [0.1, 0.15) is 57.4 Å². The van der Waals surface area contributed by atoms with Gasteiger partial charge in [0.05, 0.1) is 12.2 Å². The third-order valence-corrected chi connectivity index (χ3v) is 7.69. The Hall–Kier alpha value is -2.70. The van der Waals surface area contributed by atoms with Crippen molar-refractivity contribution in [3.63, 3.8) is 0 Å². The Bertz CT molecular complexity index is 1460. The van der Waals surface area contributed by atoms with E-state index in [1.165, 1.54) is 11.6 Å². The molecule has 1 N–H and O–H groups in total. The Morgan fingerprint density at radius 2 is 1.72 bits per heavy atom. The predicted molar refractivity (Wildman–Crippen MR) is 157 cm³/mol. The molecule has 1 aliphatic heterocycles. The van der Waals surface area contributed by atoms with E-state index in [4.69, 9.17) is 23.2 Å². The maximum Gasteiger partial charge on any atom is 0.335 e. The molecule has 0 amide bonds. The smallest absolute Gasteiger partial charge is 0.335 e. The third-order valence-electron chi connectivity index (χ3n) is 7.15. The van der Waals surface area contributed by atoms with Gasteiger partial charge >= 0.3 is 5.97 Å². The SMILES string of the molecule is Cl.O=C(O)c1ccc2c(c1)CCCC(c1ccc(Cl)cc1Cl)=C2c1ccc(C=C2CN(CCCF)C2)cc1F. The highest BCUT2D eigenvalue weighted by molar-refractivity contribution is 6.36. The van der Waals surface area contributed by atoms with E-state index < -0.39 is 5.97 Å². The highest BCUT2D eigenvalue weighted by Crippen LogP contribution is 2.43. The predicted octanol–water partition coefficient (Wildman–Crippen LogP) is 8.61. The van der Waals surface area contributed by atoms with Crippen LogP contribution in [0.4, 0.5) is 8.78 Å². The van der Waals surface area contributed by atoms with Crippen LogP contribution in [0.3, 0.4) is 0 Å². The molecular weight excluding hydrogens is 563 g/mol. The maximum absolute atomic E-state index is 15.9. The average Bonchev–Trinajstić information content (AvgIpc) is 3.04. The van der Waals surface area contributed by atoms with Crippen molar-refractivity contribution in [3.8, 4) is 0 Å². The van der Waals surface area contributed by atoms with Gasteiger partial charge in [-0.25, -0.2) is 9.18 Å². The molecule has 0 bridgehead atoms. The summed E-state index contributed by atoms with van der Waals surface area (Å²) in [6.45, 7) is 1.95. The van der Waals surface area contributed by atoms with Crippen LogP contribution in [0.15, 0.2) is 60.2 Å². The summed E-state index contributed by atoms with van der Waals surface area (Å²) in [5, 5.41) is 10.5. The molecule has 0 aromatic heterocycles. The minimum atomic E-state index is -0.994. The molecule has 204 valence electrons. The first kappa shape index (κ1) is 29.3. The molecule has 0 saturated carbocycles. The zero-order chi connectivity index (χ0) is 26.8. The quantitative estimate of drug-likeness (QED) is 0.300. The number of halogens is 5. The van der Waals surface area contributed by atoms with Crippen molar-refractivity contribution in [2.75, 3.05) is 26.3 Å². The number of likely N-dealkylation sites (tertiary alicyclic amines) is 1. The number of hydrogen-bond donors (Lipinski definition) is 1.